The lowest BCUT2D eigenvalue weighted by Gasteiger charge is -2.39. The summed E-state index contributed by atoms with van der Waals surface area (Å²) in [6, 6.07) is 4.06. The molecule has 4 amide bonds. The van der Waals surface area contributed by atoms with Gasteiger partial charge in [0.15, 0.2) is 0 Å². The Balaban J connectivity index is 2.02. The second-order valence-electron chi connectivity index (χ2n) is 9.92. The van der Waals surface area contributed by atoms with E-state index in [9.17, 15) is 42.0 Å². The van der Waals surface area contributed by atoms with Crippen molar-refractivity contribution in [1.82, 2.24) is 15.5 Å². The van der Waals surface area contributed by atoms with Gasteiger partial charge in [0.2, 0.25) is 17.4 Å². The van der Waals surface area contributed by atoms with Crippen LogP contribution < -0.4 is 20.7 Å². The Morgan fingerprint density at radius 1 is 1.29 bits per heavy atom. The second-order valence-corrected chi connectivity index (χ2v) is 9.92. The number of fused-ring (bicyclic) bond motifs is 1. The largest absolute Gasteiger partial charge is 0.473 e. The summed E-state index contributed by atoms with van der Waals surface area (Å²) in [5, 5.41) is 16.2. The Kier molecular flexibility index (Phi) is 7.63. The van der Waals surface area contributed by atoms with Gasteiger partial charge in [-0.25, -0.2) is 4.39 Å². The topological polar surface area (TPSA) is 141 Å². The molecule has 4 atom stereocenters. The monoisotopic (exact) mass is 541 g/mol. The van der Waals surface area contributed by atoms with Crippen molar-refractivity contribution in [3.8, 4) is 11.8 Å². The van der Waals surface area contributed by atoms with Crippen LogP contribution in [0.25, 0.3) is 0 Å². The molecule has 10 nitrogen and oxygen atoms in total. The highest BCUT2D eigenvalue weighted by atomic mass is 19.4. The minimum absolute atomic E-state index is 0.0543. The Hall–Kier alpha value is -3.89. The van der Waals surface area contributed by atoms with Crippen LogP contribution >= 0.6 is 0 Å². The molecule has 0 radical (unpaired) electrons. The van der Waals surface area contributed by atoms with Crippen LogP contribution in [0.1, 0.15) is 33.6 Å². The molecule has 3 rings (SSSR count). The van der Waals surface area contributed by atoms with Gasteiger partial charge in [0.05, 0.1) is 24.2 Å². The number of amides is 4. The minimum atomic E-state index is -5.34. The van der Waals surface area contributed by atoms with E-state index in [0.29, 0.717) is 0 Å². The molecule has 2 aliphatic rings. The number of nitriles is 1. The molecule has 2 heterocycles. The van der Waals surface area contributed by atoms with E-state index in [1.54, 1.807) is 19.2 Å². The first-order valence-corrected chi connectivity index (χ1v) is 11.7. The predicted molar refractivity (Wildman–Crippen MR) is 124 cm³/mol. The van der Waals surface area contributed by atoms with Crippen molar-refractivity contribution in [1.29, 1.82) is 5.26 Å². The molecule has 1 aromatic carbocycles. The lowest BCUT2D eigenvalue weighted by molar-refractivity contribution is -0.177. The Morgan fingerprint density at radius 2 is 1.95 bits per heavy atom. The Bertz CT molecular complexity index is 1200. The van der Waals surface area contributed by atoms with E-state index >= 15 is 0 Å². The van der Waals surface area contributed by atoms with Gasteiger partial charge < -0.3 is 25.6 Å². The van der Waals surface area contributed by atoms with Gasteiger partial charge in [0.25, 0.3) is 5.91 Å². The summed E-state index contributed by atoms with van der Waals surface area (Å²) in [6.07, 6.45) is -5.77. The van der Waals surface area contributed by atoms with E-state index in [2.05, 4.69) is 10.6 Å². The number of halogens is 4. The molecule has 1 aromatic rings. The second kappa shape index (κ2) is 10.1. The van der Waals surface area contributed by atoms with Gasteiger partial charge in [-0.3, -0.25) is 19.2 Å². The zero-order valence-corrected chi connectivity index (χ0v) is 21.0. The lowest BCUT2D eigenvalue weighted by atomic mass is 9.78. The fraction of sp³-hybridized carbons (Fsp3) is 0.542. The third-order valence-corrected chi connectivity index (χ3v) is 6.70. The molecule has 1 unspecified atom stereocenters. The van der Waals surface area contributed by atoms with E-state index in [-0.39, 0.29) is 30.2 Å². The van der Waals surface area contributed by atoms with Crippen LogP contribution in [0, 0.1) is 29.0 Å². The summed E-state index contributed by atoms with van der Waals surface area (Å²) >= 11 is 0. The van der Waals surface area contributed by atoms with Crippen molar-refractivity contribution in [3.05, 3.63) is 24.0 Å². The number of likely N-dealkylation sites (tertiary alicyclic amines) is 1. The third kappa shape index (κ3) is 5.23. The first-order chi connectivity index (χ1) is 17.6. The minimum Gasteiger partial charge on any atom is -0.473 e. The van der Waals surface area contributed by atoms with E-state index in [4.69, 9.17) is 4.74 Å². The molecule has 0 bridgehead atoms. The first kappa shape index (κ1) is 28.7. The number of alkyl halides is 3. The maximum absolute atomic E-state index is 13.9. The van der Waals surface area contributed by atoms with E-state index < -0.39 is 65.3 Å². The average Bonchev–Trinajstić information content (AvgIpc) is 3.21. The van der Waals surface area contributed by atoms with Crippen molar-refractivity contribution < 1.29 is 41.5 Å². The van der Waals surface area contributed by atoms with Gasteiger partial charge in [0, 0.05) is 19.5 Å². The zero-order chi connectivity index (χ0) is 28.6. The van der Waals surface area contributed by atoms with Crippen LogP contribution in [-0.4, -0.2) is 65.5 Å². The SMILES string of the molecule is CNC(=O)C(C)(NC(=O)C(F)(F)F)[C@@H](CC(C)C)C(=O)N1C[C@@]2(C[C@H]1C#N)Oc1ccc(F)cc1NC2=O. The van der Waals surface area contributed by atoms with Crippen molar-refractivity contribution in [2.24, 2.45) is 11.8 Å². The number of hydrogen-bond donors (Lipinski definition) is 3. The molecule has 38 heavy (non-hydrogen) atoms. The van der Waals surface area contributed by atoms with Gasteiger partial charge in [-0.2, -0.15) is 18.4 Å². The Labute approximate surface area is 215 Å². The predicted octanol–water partition coefficient (Wildman–Crippen LogP) is 1.87. The molecule has 3 N–H and O–H groups in total. The third-order valence-electron chi connectivity index (χ3n) is 6.70. The summed E-state index contributed by atoms with van der Waals surface area (Å²) in [4.78, 5) is 52.6. The molecule has 1 spiro atoms. The lowest BCUT2D eigenvalue weighted by Crippen LogP contribution is -2.66. The number of nitrogens with zero attached hydrogens (tertiary/aromatic N) is 2. The zero-order valence-electron chi connectivity index (χ0n) is 21.0. The van der Waals surface area contributed by atoms with Crippen molar-refractivity contribution in [3.63, 3.8) is 0 Å². The quantitative estimate of drug-likeness (QED) is 0.470. The molecule has 206 valence electrons. The number of hydrogen-bond acceptors (Lipinski definition) is 6. The molecule has 0 saturated carbocycles. The fourth-order valence-electron chi connectivity index (χ4n) is 4.76. The van der Waals surface area contributed by atoms with Gasteiger partial charge >= 0.3 is 12.1 Å². The summed E-state index contributed by atoms with van der Waals surface area (Å²) in [5.41, 5.74) is -4.06. The van der Waals surface area contributed by atoms with Crippen LogP contribution in [0.15, 0.2) is 18.2 Å². The number of nitrogens with one attached hydrogen (secondary N) is 3. The molecule has 2 aliphatic heterocycles. The number of rotatable bonds is 6. The van der Waals surface area contributed by atoms with Gasteiger partial charge in [0.1, 0.15) is 23.1 Å². The van der Waals surface area contributed by atoms with Crippen LogP contribution in [0.4, 0.5) is 23.2 Å². The number of carbonyl (C=O) groups is 4. The van der Waals surface area contributed by atoms with Gasteiger partial charge in [-0.15, -0.1) is 0 Å². The van der Waals surface area contributed by atoms with E-state index in [0.717, 1.165) is 31.0 Å². The molecule has 1 saturated heterocycles. The first-order valence-electron chi connectivity index (χ1n) is 11.7. The summed E-state index contributed by atoms with van der Waals surface area (Å²) < 4.78 is 58.9. The molecular formula is C24H27F4N5O5. The number of carbonyl (C=O) groups excluding carboxylic acids is 4. The maximum atomic E-state index is 13.9. The average molecular weight is 542 g/mol. The van der Waals surface area contributed by atoms with Crippen molar-refractivity contribution in [2.45, 2.75) is 57.0 Å². The van der Waals surface area contributed by atoms with Gasteiger partial charge in [-0.1, -0.05) is 13.8 Å². The number of likely N-dealkylation sites (N-methyl/N-ethyl adjacent to an activating group) is 1. The van der Waals surface area contributed by atoms with Crippen molar-refractivity contribution >= 4 is 29.3 Å². The standard InChI is InChI=1S/C24H27F4N5O5/c1-12(2)7-15(22(3,19(35)30-4)32-21(37)24(26,27)28)18(34)33-11-23(9-14(33)10-29)20(36)31-16-8-13(25)5-6-17(16)38-23/h5-6,8,12,14-15H,7,9,11H2,1-4H3,(H,30,35)(H,31,36)(H,32,37)/t14-,15-,22?,23+/m0/s1. The normalized spacial score (nSPS) is 23.0. The van der Waals surface area contributed by atoms with Crippen molar-refractivity contribution in [2.75, 3.05) is 18.9 Å². The van der Waals surface area contributed by atoms with E-state index in [1.807, 2.05) is 6.07 Å². The maximum Gasteiger partial charge on any atom is 0.471 e. The smallest absolute Gasteiger partial charge is 0.471 e. The van der Waals surface area contributed by atoms with Crippen LogP contribution in [0.2, 0.25) is 0 Å². The summed E-state index contributed by atoms with van der Waals surface area (Å²) in [5.74, 6) is -7.55. The fourth-order valence-corrected chi connectivity index (χ4v) is 4.76. The van der Waals surface area contributed by atoms with E-state index in [1.165, 1.54) is 6.07 Å². The molecule has 1 fully saturated rings. The highest BCUT2D eigenvalue weighted by molar-refractivity contribution is 6.02. The molecule has 0 aromatic heterocycles. The molecule has 0 aliphatic carbocycles. The number of benzene rings is 1. The van der Waals surface area contributed by atoms with Crippen LogP contribution in [-0.2, 0) is 19.2 Å². The van der Waals surface area contributed by atoms with Gasteiger partial charge in [-0.05, 0) is 31.4 Å². The highest BCUT2D eigenvalue weighted by Crippen LogP contribution is 2.42. The molecule has 14 heteroatoms. The highest BCUT2D eigenvalue weighted by Gasteiger charge is 2.58. The summed E-state index contributed by atoms with van der Waals surface area (Å²) in [6.45, 7) is 3.86. The molecular weight excluding hydrogens is 514 g/mol. The number of ether oxygens (including phenoxy) is 1. The van der Waals surface area contributed by atoms with Crippen LogP contribution in [0.3, 0.4) is 0 Å². The Morgan fingerprint density at radius 3 is 2.50 bits per heavy atom. The van der Waals surface area contributed by atoms with Crippen LogP contribution in [0.5, 0.6) is 5.75 Å². The summed E-state index contributed by atoms with van der Waals surface area (Å²) in [7, 11) is 1.14. The number of anilines is 1.